The Morgan fingerprint density at radius 2 is 2.21 bits per heavy atom. The third kappa shape index (κ3) is 2.31. The minimum Gasteiger partial charge on any atom is -0.340 e. The van der Waals surface area contributed by atoms with Crippen LogP contribution in [0.1, 0.15) is 11.7 Å². The van der Waals surface area contributed by atoms with Gasteiger partial charge in [-0.2, -0.15) is 4.98 Å². The van der Waals surface area contributed by atoms with Gasteiger partial charge in [0.05, 0.1) is 21.9 Å². The molecule has 0 atom stereocenters. The third-order valence-corrected chi connectivity index (χ3v) is 3.42. The molecule has 98 valence electrons. The average molecular weight is 297 g/mol. The molecule has 0 aliphatic carbocycles. The molecule has 0 N–H and O–H groups in total. The second-order valence-corrected chi connectivity index (χ2v) is 4.68. The van der Waals surface area contributed by atoms with E-state index in [9.17, 15) is 0 Å². The lowest BCUT2D eigenvalue weighted by Gasteiger charge is -2.06. The summed E-state index contributed by atoms with van der Waals surface area (Å²) in [6.45, 7) is 0.643. The number of benzene rings is 1. The maximum Gasteiger partial charge on any atom is 0.228 e. The van der Waals surface area contributed by atoms with Gasteiger partial charge in [-0.05, 0) is 12.1 Å². The van der Waals surface area contributed by atoms with Gasteiger partial charge in [0.1, 0.15) is 5.82 Å². The van der Waals surface area contributed by atoms with E-state index in [0.29, 0.717) is 29.8 Å². The molecule has 1 aromatic carbocycles. The maximum atomic E-state index is 6.24. The van der Waals surface area contributed by atoms with Crippen molar-refractivity contribution in [1.29, 1.82) is 0 Å². The molecule has 0 aliphatic heterocycles. The lowest BCUT2D eigenvalue weighted by atomic mass is 10.3. The van der Waals surface area contributed by atoms with Crippen LogP contribution in [0.3, 0.4) is 0 Å². The topological polar surface area (TPSA) is 56.7 Å². The zero-order valence-corrected chi connectivity index (χ0v) is 11.4. The predicted octanol–water partition coefficient (Wildman–Crippen LogP) is 3.05. The summed E-state index contributed by atoms with van der Waals surface area (Å²) in [4.78, 5) is 8.47. The van der Waals surface area contributed by atoms with E-state index in [1.165, 1.54) is 6.33 Å². The molecule has 3 rings (SSSR count). The van der Waals surface area contributed by atoms with Gasteiger partial charge in [-0.1, -0.05) is 22.8 Å². The lowest BCUT2D eigenvalue weighted by Crippen LogP contribution is -2.05. The highest BCUT2D eigenvalue weighted by Gasteiger charge is 2.13. The standard InChI is InChI=1S/C12H10Cl2N4O/c13-6-10-17-9-3-1-2-8(14)12(9)18(10)5-4-11-15-7-16-19-11/h1-3,7H,4-6H2. The highest BCUT2D eigenvalue weighted by atomic mass is 35.5. The minimum absolute atomic E-state index is 0.328. The number of hydrogen-bond donors (Lipinski definition) is 0. The van der Waals surface area contributed by atoms with Crippen LogP contribution in [-0.2, 0) is 18.8 Å². The summed E-state index contributed by atoms with van der Waals surface area (Å²) in [6.07, 6.45) is 2.00. The normalized spacial score (nSPS) is 11.3. The molecule has 0 aliphatic rings. The molecular weight excluding hydrogens is 287 g/mol. The number of aryl methyl sites for hydroxylation is 2. The number of fused-ring (bicyclic) bond motifs is 1. The maximum absolute atomic E-state index is 6.24. The van der Waals surface area contributed by atoms with Gasteiger partial charge in [-0.3, -0.25) is 0 Å². The van der Waals surface area contributed by atoms with Crippen molar-refractivity contribution < 1.29 is 4.52 Å². The van der Waals surface area contributed by atoms with E-state index in [1.807, 2.05) is 22.8 Å². The number of rotatable bonds is 4. The second kappa shape index (κ2) is 5.19. The van der Waals surface area contributed by atoms with Crippen LogP contribution in [0.4, 0.5) is 0 Å². The number of hydrogen-bond acceptors (Lipinski definition) is 4. The molecule has 0 unspecified atom stereocenters. The van der Waals surface area contributed by atoms with Crippen LogP contribution in [-0.4, -0.2) is 19.7 Å². The predicted molar refractivity (Wildman–Crippen MR) is 72.3 cm³/mol. The number of imidazole rings is 1. The molecule has 2 heterocycles. The first-order valence-electron chi connectivity index (χ1n) is 5.74. The monoisotopic (exact) mass is 296 g/mol. The zero-order chi connectivity index (χ0) is 13.2. The summed E-state index contributed by atoms with van der Waals surface area (Å²) >= 11 is 12.2. The summed E-state index contributed by atoms with van der Waals surface area (Å²) in [5, 5.41) is 4.24. The fourth-order valence-electron chi connectivity index (χ4n) is 2.05. The summed E-state index contributed by atoms with van der Waals surface area (Å²) in [5.41, 5.74) is 1.73. The fraction of sp³-hybridized carbons (Fsp3) is 0.250. The van der Waals surface area contributed by atoms with Gasteiger partial charge < -0.3 is 9.09 Å². The van der Waals surface area contributed by atoms with E-state index in [0.717, 1.165) is 16.9 Å². The van der Waals surface area contributed by atoms with Crippen molar-refractivity contribution in [2.45, 2.75) is 18.8 Å². The van der Waals surface area contributed by atoms with Crippen molar-refractivity contribution in [2.24, 2.45) is 0 Å². The summed E-state index contributed by atoms with van der Waals surface area (Å²) in [6, 6.07) is 5.63. The Morgan fingerprint density at radius 3 is 2.95 bits per heavy atom. The fourth-order valence-corrected chi connectivity index (χ4v) is 2.52. The largest absolute Gasteiger partial charge is 0.340 e. The van der Waals surface area contributed by atoms with Crippen LogP contribution in [0.25, 0.3) is 11.0 Å². The molecule has 2 aromatic heterocycles. The quantitative estimate of drug-likeness (QED) is 0.694. The highest BCUT2D eigenvalue weighted by Crippen LogP contribution is 2.25. The number of aromatic nitrogens is 4. The van der Waals surface area contributed by atoms with Gasteiger partial charge in [-0.25, -0.2) is 4.98 Å². The first-order valence-corrected chi connectivity index (χ1v) is 6.66. The first-order chi connectivity index (χ1) is 9.29. The molecule has 0 fully saturated rings. The van der Waals surface area contributed by atoms with Crippen LogP contribution in [0.2, 0.25) is 5.02 Å². The number of alkyl halides is 1. The second-order valence-electron chi connectivity index (χ2n) is 4.01. The van der Waals surface area contributed by atoms with Crippen molar-refractivity contribution in [3.05, 3.63) is 41.3 Å². The molecule has 3 aromatic rings. The van der Waals surface area contributed by atoms with Crippen molar-refractivity contribution in [3.8, 4) is 0 Å². The van der Waals surface area contributed by atoms with E-state index >= 15 is 0 Å². The van der Waals surface area contributed by atoms with E-state index in [4.69, 9.17) is 27.7 Å². The molecule has 5 nitrogen and oxygen atoms in total. The molecule has 0 radical (unpaired) electrons. The molecule has 0 saturated heterocycles. The number of para-hydroxylation sites is 1. The van der Waals surface area contributed by atoms with Crippen LogP contribution in [0.5, 0.6) is 0 Å². The summed E-state index contributed by atoms with van der Waals surface area (Å²) < 4.78 is 6.98. The number of halogens is 2. The zero-order valence-electron chi connectivity index (χ0n) is 9.88. The van der Waals surface area contributed by atoms with Crippen molar-refractivity contribution >= 4 is 34.2 Å². The van der Waals surface area contributed by atoms with Crippen molar-refractivity contribution in [2.75, 3.05) is 0 Å². The Morgan fingerprint density at radius 1 is 1.32 bits per heavy atom. The smallest absolute Gasteiger partial charge is 0.228 e. The minimum atomic E-state index is 0.328. The Hall–Kier alpha value is -1.59. The van der Waals surface area contributed by atoms with Crippen LogP contribution in [0, 0.1) is 0 Å². The molecule has 0 bridgehead atoms. The molecule has 7 heteroatoms. The molecule has 0 saturated carbocycles. The molecule has 0 amide bonds. The third-order valence-electron chi connectivity index (χ3n) is 2.87. The van der Waals surface area contributed by atoms with Gasteiger partial charge in [0.25, 0.3) is 0 Å². The van der Waals surface area contributed by atoms with Crippen molar-refractivity contribution in [3.63, 3.8) is 0 Å². The molecular formula is C12H10Cl2N4O. The van der Waals surface area contributed by atoms with Crippen LogP contribution >= 0.6 is 23.2 Å². The van der Waals surface area contributed by atoms with E-state index in [-0.39, 0.29) is 0 Å². The van der Waals surface area contributed by atoms with Crippen LogP contribution < -0.4 is 0 Å². The van der Waals surface area contributed by atoms with Gasteiger partial charge in [0.2, 0.25) is 5.89 Å². The average Bonchev–Trinajstić information content (AvgIpc) is 3.03. The highest BCUT2D eigenvalue weighted by molar-refractivity contribution is 6.35. The van der Waals surface area contributed by atoms with E-state index in [1.54, 1.807) is 0 Å². The Labute approximate surface area is 119 Å². The van der Waals surface area contributed by atoms with Gasteiger partial charge in [0, 0.05) is 13.0 Å². The van der Waals surface area contributed by atoms with Crippen LogP contribution in [0.15, 0.2) is 29.0 Å². The number of nitrogens with zero attached hydrogens (tertiary/aromatic N) is 4. The first kappa shape index (κ1) is 12.4. The summed E-state index contributed by atoms with van der Waals surface area (Å²) in [7, 11) is 0. The summed E-state index contributed by atoms with van der Waals surface area (Å²) in [5.74, 6) is 1.69. The van der Waals surface area contributed by atoms with Crippen molar-refractivity contribution in [1.82, 2.24) is 19.7 Å². The SMILES string of the molecule is ClCc1nc2cccc(Cl)c2n1CCc1ncno1. The Kier molecular flexibility index (Phi) is 3.40. The van der Waals surface area contributed by atoms with Gasteiger partial charge in [-0.15, -0.1) is 11.6 Å². The molecule has 19 heavy (non-hydrogen) atoms. The Bertz CT molecular complexity index is 693. The van der Waals surface area contributed by atoms with Gasteiger partial charge >= 0.3 is 0 Å². The molecule has 0 spiro atoms. The lowest BCUT2D eigenvalue weighted by molar-refractivity contribution is 0.371. The van der Waals surface area contributed by atoms with E-state index < -0.39 is 0 Å². The van der Waals surface area contributed by atoms with E-state index in [2.05, 4.69) is 15.1 Å². The van der Waals surface area contributed by atoms with Gasteiger partial charge in [0.15, 0.2) is 6.33 Å². The Balaban J connectivity index is 2.00.